The molecular weight excluding hydrogens is 290 g/mol. The average molecular weight is 302 g/mol. The topological polar surface area (TPSA) is 99.1 Å². The van der Waals surface area contributed by atoms with Crippen LogP contribution in [0.4, 0.5) is 5.69 Å². The van der Waals surface area contributed by atoms with Crippen LogP contribution in [0.5, 0.6) is 0 Å². The minimum absolute atomic E-state index is 0.102. The number of rotatable bonds is 3. The molecule has 2 rings (SSSR count). The molecule has 8 heteroatoms. The molecule has 0 radical (unpaired) electrons. The zero-order valence-electron chi connectivity index (χ0n) is 10.3. The van der Waals surface area contributed by atoms with Crippen LogP contribution in [0, 0.1) is 0 Å². The van der Waals surface area contributed by atoms with Gasteiger partial charge in [-0.15, -0.1) is 0 Å². The number of sulfone groups is 1. The first-order chi connectivity index (χ1) is 8.79. The van der Waals surface area contributed by atoms with E-state index in [0.717, 1.165) is 6.26 Å². The highest BCUT2D eigenvalue weighted by Crippen LogP contribution is 2.29. The molecule has 0 fully saturated rings. The zero-order valence-corrected chi connectivity index (χ0v) is 11.9. The minimum Gasteiger partial charge on any atom is -0.399 e. The second kappa shape index (κ2) is 4.82. The summed E-state index contributed by atoms with van der Waals surface area (Å²) < 4.78 is 27.9. The van der Waals surface area contributed by atoms with Crippen LogP contribution in [-0.2, 0) is 9.84 Å². The third-order valence-electron chi connectivity index (χ3n) is 2.67. The molecule has 0 saturated heterocycles. The first kappa shape index (κ1) is 13.8. The van der Waals surface area contributed by atoms with Crippen LogP contribution in [-0.4, -0.2) is 24.8 Å². The predicted molar refractivity (Wildman–Crippen MR) is 72.4 cm³/mol. The highest BCUT2D eigenvalue weighted by atomic mass is 35.5. The van der Waals surface area contributed by atoms with E-state index in [2.05, 4.69) is 10.1 Å². The Balaban J connectivity index is 2.41. The van der Waals surface area contributed by atoms with Crippen molar-refractivity contribution in [3.8, 4) is 11.5 Å². The van der Waals surface area contributed by atoms with Gasteiger partial charge in [-0.3, -0.25) is 0 Å². The summed E-state index contributed by atoms with van der Waals surface area (Å²) in [6, 6.07) is 4.84. The lowest BCUT2D eigenvalue weighted by molar-refractivity contribution is 0.422. The Morgan fingerprint density at radius 3 is 2.68 bits per heavy atom. The molecule has 1 aromatic heterocycles. The molecule has 102 valence electrons. The van der Waals surface area contributed by atoms with Gasteiger partial charge < -0.3 is 10.3 Å². The van der Waals surface area contributed by atoms with Crippen LogP contribution in [0.15, 0.2) is 22.7 Å². The van der Waals surface area contributed by atoms with Crippen LogP contribution in [0.3, 0.4) is 0 Å². The van der Waals surface area contributed by atoms with Gasteiger partial charge in [-0.05, 0) is 25.1 Å². The lowest BCUT2D eigenvalue weighted by Crippen LogP contribution is -2.09. The first-order valence-corrected chi connectivity index (χ1v) is 7.70. The Morgan fingerprint density at radius 2 is 2.11 bits per heavy atom. The molecule has 6 nitrogen and oxygen atoms in total. The van der Waals surface area contributed by atoms with Gasteiger partial charge >= 0.3 is 0 Å². The van der Waals surface area contributed by atoms with Crippen LogP contribution in [0.1, 0.15) is 18.0 Å². The fourth-order valence-electron chi connectivity index (χ4n) is 1.41. The minimum atomic E-state index is -3.28. The average Bonchev–Trinajstić information content (AvgIpc) is 2.75. The fraction of sp³-hybridized carbons (Fsp3) is 0.273. The summed E-state index contributed by atoms with van der Waals surface area (Å²) in [4.78, 5) is 4.06. The van der Waals surface area contributed by atoms with Gasteiger partial charge in [0.15, 0.2) is 15.7 Å². The second-order valence-corrected chi connectivity index (χ2v) is 6.94. The van der Waals surface area contributed by atoms with Gasteiger partial charge in [-0.25, -0.2) is 8.42 Å². The van der Waals surface area contributed by atoms with Crippen LogP contribution in [0.25, 0.3) is 11.5 Å². The van der Waals surface area contributed by atoms with Gasteiger partial charge in [0.05, 0.1) is 10.6 Å². The van der Waals surface area contributed by atoms with E-state index in [1.54, 1.807) is 18.2 Å². The Kier molecular flexibility index (Phi) is 3.51. The molecule has 2 aromatic rings. The molecule has 0 aliphatic carbocycles. The number of nitrogen functional groups attached to an aromatic ring is 1. The lowest BCUT2D eigenvalue weighted by atomic mass is 10.2. The normalized spacial score (nSPS) is 13.4. The molecule has 0 saturated carbocycles. The van der Waals surface area contributed by atoms with Crippen molar-refractivity contribution in [2.24, 2.45) is 0 Å². The summed E-state index contributed by atoms with van der Waals surface area (Å²) in [5.74, 6) is 0.265. The molecule has 0 bridgehead atoms. The smallest absolute Gasteiger partial charge is 0.259 e. The van der Waals surface area contributed by atoms with E-state index in [1.807, 2.05) is 0 Å². The fourth-order valence-corrected chi connectivity index (χ4v) is 2.15. The monoisotopic (exact) mass is 301 g/mol. The summed E-state index contributed by atoms with van der Waals surface area (Å²) in [7, 11) is -3.28. The van der Waals surface area contributed by atoms with Gasteiger partial charge in [0, 0.05) is 11.9 Å². The van der Waals surface area contributed by atoms with Gasteiger partial charge in [0.25, 0.3) is 5.89 Å². The zero-order chi connectivity index (χ0) is 14.2. The van der Waals surface area contributed by atoms with Crippen LogP contribution >= 0.6 is 11.6 Å². The number of anilines is 1. The molecule has 0 aliphatic rings. The summed E-state index contributed by atoms with van der Waals surface area (Å²) in [5, 5.41) is 3.19. The molecule has 0 spiro atoms. The first-order valence-electron chi connectivity index (χ1n) is 5.37. The highest BCUT2D eigenvalue weighted by Gasteiger charge is 2.24. The SMILES string of the molecule is CC(c1noc(-c2ccc(N)cc2Cl)n1)S(C)(=O)=O. The molecule has 1 heterocycles. The van der Waals surface area contributed by atoms with Gasteiger partial charge in [0.1, 0.15) is 5.25 Å². The molecule has 19 heavy (non-hydrogen) atoms. The summed E-state index contributed by atoms with van der Waals surface area (Å²) in [6.45, 7) is 1.49. The molecule has 0 aliphatic heterocycles. The summed E-state index contributed by atoms with van der Waals surface area (Å²) >= 11 is 6.02. The van der Waals surface area contributed by atoms with Crippen molar-refractivity contribution in [1.82, 2.24) is 10.1 Å². The number of nitrogens with two attached hydrogens (primary N) is 1. The summed E-state index contributed by atoms with van der Waals surface area (Å²) in [5.41, 5.74) is 6.61. The van der Waals surface area contributed by atoms with E-state index < -0.39 is 15.1 Å². The number of hydrogen-bond donors (Lipinski definition) is 1. The number of halogens is 1. The highest BCUT2D eigenvalue weighted by molar-refractivity contribution is 7.90. The van der Waals surface area contributed by atoms with Gasteiger partial charge in [-0.2, -0.15) is 4.98 Å². The number of benzene rings is 1. The molecular formula is C11H12ClN3O3S. The third-order valence-corrected chi connectivity index (χ3v) is 4.48. The van der Waals surface area contributed by atoms with Crippen LogP contribution in [0.2, 0.25) is 5.02 Å². The number of nitrogens with zero attached hydrogens (tertiary/aromatic N) is 2. The second-order valence-electron chi connectivity index (χ2n) is 4.17. The predicted octanol–water partition coefficient (Wildman–Crippen LogP) is 2.08. The standard InChI is InChI=1S/C11H12ClN3O3S/c1-6(19(2,16)17)10-14-11(18-15-10)8-4-3-7(13)5-9(8)12/h3-6H,13H2,1-2H3. The number of hydrogen-bond acceptors (Lipinski definition) is 6. The lowest BCUT2D eigenvalue weighted by Gasteiger charge is -2.02. The van der Waals surface area contributed by atoms with Crippen molar-refractivity contribution in [3.63, 3.8) is 0 Å². The maximum atomic E-state index is 11.4. The Labute approximate surface area is 115 Å². The third kappa shape index (κ3) is 2.87. The van der Waals surface area contributed by atoms with Crippen molar-refractivity contribution in [2.45, 2.75) is 12.2 Å². The molecule has 2 N–H and O–H groups in total. The Bertz CT molecular complexity index is 712. The summed E-state index contributed by atoms with van der Waals surface area (Å²) in [6.07, 6.45) is 1.11. The maximum absolute atomic E-state index is 11.4. The molecule has 1 aromatic carbocycles. The van der Waals surface area contributed by atoms with E-state index in [9.17, 15) is 8.42 Å². The number of aromatic nitrogens is 2. The van der Waals surface area contributed by atoms with E-state index in [-0.39, 0.29) is 11.7 Å². The molecule has 0 amide bonds. The van der Waals surface area contributed by atoms with Crippen molar-refractivity contribution >= 4 is 27.1 Å². The van der Waals surface area contributed by atoms with E-state index >= 15 is 0 Å². The molecule has 1 atom stereocenters. The van der Waals surface area contributed by atoms with Crippen molar-refractivity contribution < 1.29 is 12.9 Å². The largest absolute Gasteiger partial charge is 0.399 e. The van der Waals surface area contributed by atoms with E-state index in [4.69, 9.17) is 21.9 Å². The van der Waals surface area contributed by atoms with Crippen molar-refractivity contribution in [1.29, 1.82) is 0 Å². The molecule has 1 unspecified atom stereocenters. The maximum Gasteiger partial charge on any atom is 0.259 e. The Morgan fingerprint density at radius 1 is 1.42 bits per heavy atom. The van der Waals surface area contributed by atoms with Crippen LogP contribution < -0.4 is 5.73 Å². The Hall–Kier alpha value is -1.60. The van der Waals surface area contributed by atoms with E-state index in [0.29, 0.717) is 16.3 Å². The quantitative estimate of drug-likeness (QED) is 0.871. The van der Waals surface area contributed by atoms with Crippen molar-refractivity contribution in [3.05, 3.63) is 29.0 Å². The van der Waals surface area contributed by atoms with E-state index in [1.165, 1.54) is 6.92 Å². The van der Waals surface area contributed by atoms with Gasteiger partial charge in [0.2, 0.25) is 0 Å². The van der Waals surface area contributed by atoms with Gasteiger partial charge in [-0.1, -0.05) is 16.8 Å². The van der Waals surface area contributed by atoms with Crippen molar-refractivity contribution in [2.75, 3.05) is 12.0 Å².